The fourth-order valence-electron chi connectivity index (χ4n) is 5.13. The first-order valence-electron chi connectivity index (χ1n) is 10.7. The number of likely N-dealkylation sites (N-methyl/N-ethyl adjacent to an activating group) is 1. The summed E-state index contributed by atoms with van der Waals surface area (Å²) in [6, 6.07) is 9.64. The van der Waals surface area contributed by atoms with E-state index < -0.39 is 0 Å². The molecule has 2 saturated carbocycles. The third-order valence-corrected chi connectivity index (χ3v) is 7.71. The molecule has 5 nitrogen and oxygen atoms in total. The van der Waals surface area contributed by atoms with E-state index in [4.69, 9.17) is 9.47 Å². The number of rotatable bonds is 8. The highest BCUT2D eigenvalue weighted by Gasteiger charge is 2.62. The molecule has 0 unspecified atom stereocenters. The van der Waals surface area contributed by atoms with E-state index >= 15 is 0 Å². The fraction of sp³-hybridized carbons (Fsp3) is 0.667. The summed E-state index contributed by atoms with van der Waals surface area (Å²) in [6.45, 7) is 7.98. The molecule has 0 amide bonds. The number of carbonyl (C=O) groups excluding carboxylic acids is 2. The third-order valence-electron chi connectivity index (χ3n) is 7.71. The molecule has 1 aromatic rings. The summed E-state index contributed by atoms with van der Waals surface area (Å²) in [6.07, 6.45) is 3.70. The fourth-order valence-corrected chi connectivity index (χ4v) is 5.13. The number of fused-ring (bicyclic) bond motifs is 2. The molecule has 2 fully saturated rings. The molecular formula is C24H36NO4+. The molecule has 3 rings (SSSR count). The normalized spacial score (nSPS) is 27.6. The van der Waals surface area contributed by atoms with E-state index in [0.717, 1.165) is 18.4 Å². The number of carbonyl (C=O) groups is 2. The molecule has 0 N–H and O–H groups in total. The van der Waals surface area contributed by atoms with Crippen LogP contribution in [0.4, 0.5) is 0 Å². The predicted molar refractivity (Wildman–Crippen MR) is 112 cm³/mol. The van der Waals surface area contributed by atoms with Gasteiger partial charge in [0, 0.05) is 5.41 Å². The second kappa shape index (κ2) is 8.10. The Kier molecular flexibility index (Phi) is 6.09. The van der Waals surface area contributed by atoms with Gasteiger partial charge in [-0.05, 0) is 36.2 Å². The van der Waals surface area contributed by atoms with Gasteiger partial charge in [0.2, 0.25) is 0 Å². The lowest BCUT2D eigenvalue weighted by molar-refractivity contribution is -0.882. The van der Waals surface area contributed by atoms with E-state index in [1.54, 1.807) is 0 Å². The van der Waals surface area contributed by atoms with Crippen LogP contribution in [-0.4, -0.2) is 49.7 Å². The predicted octanol–water partition coefficient (Wildman–Crippen LogP) is 3.95. The Morgan fingerprint density at radius 3 is 2.38 bits per heavy atom. The van der Waals surface area contributed by atoms with Crippen LogP contribution in [0.3, 0.4) is 0 Å². The summed E-state index contributed by atoms with van der Waals surface area (Å²) < 4.78 is 11.7. The Hall–Kier alpha value is -1.88. The van der Waals surface area contributed by atoms with Gasteiger partial charge in [-0.25, -0.2) is 4.79 Å². The van der Waals surface area contributed by atoms with Crippen LogP contribution in [0, 0.1) is 16.7 Å². The van der Waals surface area contributed by atoms with Crippen molar-refractivity contribution in [1.82, 2.24) is 0 Å². The molecule has 0 aliphatic heterocycles. The Morgan fingerprint density at radius 1 is 1.10 bits per heavy atom. The molecule has 2 aliphatic rings. The average molecular weight is 403 g/mol. The molecule has 1 aromatic carbocycles. The number of esters is 2. The first-order chi connectivity index (χ1) is 13.5. The van der Waals surface area contributed by atoms with Gasteiger partial charge in [0.25, 0.3) is 0 Å². The maximum Gasteiger partial charge on any atom is 0.362 e. The van der Waals surface area contributed by atoms with E-state index in [9.17, 15) is 9.59 Å². The van der Waals surface area contributed by atoms with Gasteiger partial charge in [0.15, 0.2) is 6.54 Å². The summed E-state index contributed by atoms with van der Waals surface area (Å²) >= 11 is 0. The zero-order valence-electron chi connectivity index (χ0n) is 18.6. The van der Waals surface area contributed by atoms with Crippen molar-refractivity contribution in [1.29, 1.82) is 0 Å². The minimum absolute atomic E-state index is 0.0233. The molecule has 0 heterocycles. The number of nitrogens with zero attached hydrogens (tertiary/aromatic N) is 1. The molecule has 3 atom stereocenters. The number of hydrogen-bond acceptors (Lipinski definition) is 4. The molecule has 0 spiro atoms. The molecule has 2 aliphatic carbocycles. The minimum atomic E-state index is -0.255. The van der Waals surface area contributed by atoms with Gasteiger partial charge in [-0.15, -0.1) is 0 Å². The van der Waals surface area contributed by atoms with Gasteiger partial charge in [-0.3, -0.25) is 4.79 Å². The lowest BCUT2D eigenvalue weighted by Gasteiger charge is -2.38. The van der Waals surface area contributed by atoms with E-state index in [2.05, 4.69) is 20.8 Å². The molecule has 2 bridgehead atoms. The summed E-state index contributed by atoms with van der Waals surface area (Å²) in [5.74, 6) is 0.245. The van der Waals surface area contributed by atoms with Crippen molar-refractivity contribution < 1.29 is 23.5 Å². The van der Waals surface area contributed by atoms with Crippen LogP contribution >= 0.6 is 0 Å². The summed E-state index contributed by atoms with van der Waals surface area (Å²) in [5.41, 5.74) is 1.28. The largest absolute Gasteiger partial charge is 0.462 e. The molecule has 160 valence electrons. The lowest BCUT2D eigenvalue weighted by atomic mass is 9.70. The molecule has 0 radical (unpaired) electrons. The van der Waals surface area contributed by atoms with E-state index in [1.807, 2.05) is 44.4 Å². The average Bonchev–Trinajstić information content (AvgIpc) is 2.99. The van der Waals surface area contributed by atoms with Crippen molar-refractivity contribution in [3.05, 3.63) is 35.9 Å². The van der Waals surface area contributed by atoms with Gasteiger partial charge >= 0.3 is 11.9 Å². The van der Waals surface area contributed by atoms with Crippen molar-refractivity contribution in [2.45, 2.75) is 59.2 Å². The van der Waals surface area contributed by atoms with Crippen LogP contribution in [0.2, 0.25) is 0 Å². The molecule has 0 saturated heterocycles. The highest BCUT2D eigenvalue weighted by Crippen LogP contribution is 2.66. The second-order valence-electron chi connectivity index (χ2n) is 10.3. The molecule has 0 aromatic heterocycles. The van der Waals surface area contributed by atoms with Crippen molar-refractivity contribution >= 4 is 11.9 Å². The first-order valence-corrected chi connectivity index (χ1v) is 10.7. The highest BCUT2D eigenvalue weighted by atomic mass is 16.5. The minimum Gasteiger partial charge on any atom is -0.462 e. The number of ether oxygens (including phenoxy) is 2. The maximum atomic E-state index is 12.5. The Balaban J connectivity index is 1.43. The standard InChI is InChI=1S/C24H36NO4/c1-23(2)19-11-13-24(23,3)20(15-19)29-21(26)12-14-25(4,5)16-22(27)28-17-18-9-7-6-8-10-18/h6-10,19-20H,11-17H2,1-5H3/q+1/t19-,20+,24+/m0/s1. The maximum absolute atomic E-state index is 12.5. The zero-order valence-corrected chi connectivity index (χ0v) is 18.6. The Bertz CT molecular complexity index is 743. The third kappa shape index (κ3) is 4.66. The number of hydrogen-bond donors (Lipinski definition) is 0. The van der Waals surface area contributed by atoms with Crippen molar-refractivity contribution in [2.24, 2.45) is 16.7 Å². The zero-order chi connectivity index (χ0) is 21.3. The Morgan fingerprint density at radius 2 is 1.79 bits per heavy atom. The van der Waals surface area contributed by atoms with Crippen molar-refractivity contribution in [3.8, 4) is 0 Å². The van der Waals surface area contributed by atoms with Gasteiger partial charge in [-0.1, -0.05) is 51.1 Å². The number of benzene rings is 1. The van der Waals surface area contributed by atoms with Crippen LogP contribution in [0.15, 0.2) is 30.3 Å². The van der Waals surface area contributed by atoms with Crippen molar-refractivity contribution in [3.63, 3.8) is 0 Å². The van der Waals surface area contributed by atoms with Gasteiger partial charge in [0.05, 0.1) is 27.1 Å². The van der Waals surface area contributed by atoms with Crippen molar-refractivity contribution in [2.75, 3.05) is 27.2 Å². The van der Waals surface area contributed by atoms with Crippen LogP contribution < -0.4 is 0 Å². The van der Waals surface area contributed by atoms with E-state index in [-0.39, 0.29) is 42.0 Å². The second-order valence-corrected chi connectivity index (χ2v) is 10.3. The Labute approximate surface area is 175 Å². The highest BCUT2D eigenvalue weighted by molar-refractivity contribution is 5.71. The SMILES string of the molecule is CC1(C)[C@H]2CC[C@]1(C)[C@H](OC(=O)CC[N+](C)(C)CC(=O)OCc1ccccc1)C2. The van der Waals surface area contributed by atoms with E-state index in [1.165, 1.54) is 6.42 Å². The summed E-state index contributed by atoms with van der Waals surface area (Å²) in [4.78, 5) is 24.7. The lowest BCUT2D eigenvalue weighted by Crippen LogP contribution is -2.46. The molecule has 5 heteroatoms. The summed E-state index contributed by atoms with van der Waals surface area (Å²) in [7, 11) is 3.89. The van der Waals surface area contributed by atoms with E-state index in [0.29, 0.717) is 23.4 Å². The molecule has 29 heavy (non-hydrogen) atoms. The van der Waals surface area contributed by atoms with Crippen LogP contribution in [0.5, 0.6) is 0 Å². The van der Waals surface area contributed by atoms with Gasteiger partial charge < -0.3 is 14.0 Å². The monoisotopic (exact) mass is 402 g/mol. The topological polar surface area (TPSA) is 52.6 Å². The number of quaternary nitrogens is 1. The van der Waals surface area contributed by atoms with Crippen LogP contribution in [0.1, 0.15) is 52.0 Å². The van der Waals surface area contributed by atoms with Gasteiger partial charge in [0.1, 0.15) is 12.7 Å². The van der Waals surface area contributed by atoms with Crippen LogP contribution in [0.25, 0.3) is 0 Å². The van der Waals surface area contributed by atoms with Gasteiger partial charge in [-0.2, -0.15) is 0 Å². The van der Waals surface area contributed by atoms with Crippen LogP contribution in [-0.2, 0) is 25.7 Å². The quantitative estimate of drug-likeness (QED) is 0.488. The molecular weight excluding hydrogens is 366 g/mol. The smallest absolute Gasteiger partial charge is 0.362 e. The summed E-state index contributed by atoms with van der Waals surface area (Å²) in [5, 5.41) is 0. The first kappa shape index (κ1) is 21.8.